The van der Waals surface area contributed by atoms with Crippen LogP contribution < -0.4 is 0 Å². The Kier molecular flexibility index (Phi) is 2.45. The van der Waals surface area contributed by atoms with Crippen molar-refractivity contribution >= 4 is 33.0 Å². The molecule has 5 nitrogen and oxygen atoms in total. The molecule has 1 aromatic carbocycles. The number of aromatic nitrogens is 1. The minimum absolute atomic E-state index is 0.212. The third-order valence-corrected chi connectivity index (χ3v) is 2.33. The van der Waals surface area contributed by atoms with Crippen LogP contribution in [0.5, 0.6) is 0 Å². The van der Waals surface area contributed by atoms with E-state index in [-0.39, 0.29) is 5.89 Å². The Hall–Kier alpha value is -1.40. The number of carbonyl (C=O) groups is 1. The van der Waals surface area contributed by atoms with Crippen LogP contribution in [0.3, 0.4) is 0 Å². The van der Waals surface area contributed by atoms with E-state index in [0.717, 1.165) is 4.47 Å². The van der Waals surface area contributed by atoms with Crippen molar-refractivity contribution < 1.29 is 19.4 Å². The quantitative estimate of drug-likeness (QED) is 0.869. The standard InChI is InChI=1S/C9H6BrNO4/c10-4-1-2-5-6(3-4)15-8(11-5)7(12)9(13)14/h1-3,7,12H,(H,13,14). The number of halogens is 1. The van der Waals surface area contributed by atoms with Crippen LogP contribution in [0.4, 0.5) is 0 Å². The van der Waals surface area contributed by atoms with Crippen molar-refractivity contribution in [2.24, 2.45) is 0 Å². The maximum absolute atomic E-state index is 10.5. The van der Waals surface area contributed by atoms with Crippen LogP contribution in [0.15, 0.2) is 27.1 Å². The predicted molar refractivity (Wildman–Crippen MR) is 54.3 cm³/mol. The first-order valence-corrected chi connectivity index (χ1v) is 4.84. The normalized spacial score (nSPS) is 12.9. The number of aliphatic carboxylic acids is 1. The highest BCUT2D eigenvalue weighted by Gasteiger charge is 2.22. The molecule has 0 aliphatic heterocycles. The Bertz CT molecular complexity index is 522. The molecule has 2 aromatic rings. The minimum Gasteiger partial charge on any atom is -0.479 e. The van der Waals surface area contributed by atoms with Gasteiger partial charge in [-0.1, -0.05) is 15.9 Å². The van der Waals surface area contributed by atoms with E-state index >= 15 is 0 Å². The fourth-order valence-corrected chi connectivity index (χ4v) is 1.48. The highest BCUT2D eigenvalue weighted by molar-refractivity contribution is 9.10. The number of aliphatic hydroxyl groups is 1. The number of fused-ring (bicyclic) bond motifs is 1. The average Bonchev–Trinajstić information content (AvgIpc) is 2.58. The molecule has 15 heavy (non-hydrogen) atoms. The molecule has 1 heterocycles. The fourth-order valence-electron chi connectivity index (χ4n) is 1.14. The molecule has 0 aliphatic rings. The van der Waals surface area contributed by atoms with Crippen molar-refractivity contribution in [3.8, 4) is 0 Å². The summed E-state index contributed by atoms with van der Waals surface area (Å²) in [5, 5.41) is 17.8. The van der Waals surface area contributed by atoms with E-state index in [1.165, 1.54) is 0 Å². The fraction of sp³-hybridized carbons (Fsp3) is 0.111. The zero-order valence-electron chi connectivity index (χ0n) is 7.35. The lowest BCUT2D eigenvalue weighted by atomic mass is 10.3. The molecule has 0 saturated heterocycles. The van der Waals surface area contributed by atoms with Crippen LogP contribution in [0, 0.1) is 0 Å². The van der Waals surface area contributed by atoms with Crippen molar-refractivity contribution in [1.29, 1.82) is 0 Å². The summed E-state index contributed by atoms with van der Waals surface area (Å²) in [5.41, 5.74) is 0.938. The summed E-state index contributed by atoms with van der Waals surface area (Å²) in [7, 11) is 0. The van der Waals surface area contributed by atoms with E-state index in [4.69, 9.17) is 9.52 Å². The molecule has 2 rings (SSSR count). The first-order chi connectivity index (χ1) is 7.08. The van der Waals surface area contributed by atoms with Gasteiger partial charge >= 0.3 is 5.97 Å². The topological polar surface area (TPSA) is 83.6 Å². The van der Waals surface area contributed by atoms with Gasteiger partial charge in [0.1, 0.15) is 5.52 Å². The molecule has 0 amide bonds. The highest BCUT2D eigenvalue weighted by atomic mass is 79.9. The second-order valence-electron chi connectivity index (χ2n) is 2.90. The van der Waals surface area contributed by atoms with Gasteiger partial charge in [-0.15, -0.1) is 0 Å². The predicted octanol–water partition coefficient (Wildman–Crippen LogP) is 1.71. The molecule has 0 spiro atoms. The lowest BCUT2D eigenvalue weighted by molar-refractivity contribution is -0.148. The van der Waals surface area contributed by atoms with Gasteiger partial charge in [-0.3, -0.25) is 0 Å². The number of nitrogens with zero attached hydrogens (tertiary/aromatic N) is 1. The monoisotopic (exact) mass is 271 g/mol. The number of carboxylic acid groups (broad SMARTS) is 1. The number of hydrogen-bond acceptors (Lipinski definition) is 4. The minimum atomic E-state index is -1.73. The van der Waals surface area contributed by atoms with Gasteiger partial charge in [0.2, 0.25) is 12.0 Å². The molecule has 0 bridgehead atoms. The third-order valence-electron chi connectivity index (χ3n) is 1.83. The van der Waals surface area contributed by atoms with Gasteiger partial charge in [-0.2, -0.15) is 0 Å². The second kappa shape index (κ2) is 3.63. The lowest BCUT2D eigenvalue weighted by Crippen LogP contribution is -2.10. The SMILES string of the molecule is O=C(O)C(O)c1nc2ccc(Br)cc2o1. The summed E-state index contributed by atoms with van der Waals surface area (Å²) in [4.78, 5) is 14.3. The molecule has 6 heteroatoms. The van der Waals surface area contributed by atoms with E-state index in [2.05, 4.69) is 20.9 Å². The van der Waals surface area contributed by atoms with E-state index in [1.54, 1.807) is 18.2 Å². The summed E-state index contributed by atoms with van der Waals surface area (Å²) in [5.74, 6) is -1.60. The summed E-state index contributed by atoms with van der Waals surface area (Å²) < 4.78 is 5.89. The van der Waals surface area contributed by atoms with Crippen molar-refractivity contribution in [3.63, 3.8) is 0 Å². The molecular formula is C9H6BrNO4. The van der Waals surface area contributed by atoms with Crippen LogP contribution in [-0.2, 0) is 4.79 Å². The Balaban J connectivity index is 2.51. The summed E-state index contributed by atoms with van der Waals surface area (Å²) in [6.07, 6.45) is -1.73. The third kappa shape index (κ3) is 1.86. The van der Waals surface area contributed by atoms with Crippen molar-refractivity contribution in [2.45, 2.75) is 6.10 Å². The Morgan fingerprint density at radius 3 is 2.93 bits per heavy atom. The van der Waals surface area contributed by atoms with Gasteiger partial charge in [0.15, 0.2) is 5.58 Å². The highest BCUT2D eigenvalue weighted by Crippen LogP contribution is 2.23. The smallest absolute Gasteiger partial charge is 0.342 e. The van der Waals surface area contributed by atoms with Gasteiger partial charge in [0, 0.05) is 4.47 Å². The number of rotatable bonds is 2. The molecule has 0 radical (unpaired) electrons. The number of aliphatic hydroxyl groups excluding tert-OH is 1. The summed E-state index contributed by atoms with van der Waals surface area (Å²) in [6.45, 7) is 0. The van der Waals surface area contributed by atoms with Crippen LogP contribution in [0.1, 0.15) is 12.0 Å². The largest absolute Gasteiger partial charge is 0.479 e. The number of benzene rings is 1. The second-order valence-corrected chi connectivity index (χ2v) is 3.82. The van der Waals surface area contributed by atoms with Gasteiger partial charge in [-0.25, -0.2) is 9.78 Å². The van der Waals surface area contributed by atoms with Crippen LogP contribution in [0.25, 0.3) is 11.1 Å². The van der Waals surface area contributed by atoms with Gasteiger partial charge in [0.05, 0.1) is 0 Å². The number of hydrogen-bond donors (Lipinski definition) is 2. The van der Waals surface area contributed by atoms with E-state index in [1.807, 2.05) is 0 Å². The van der Waals surface area contributed by atoms with Crippen molar-refractivity contribution in [1.82, 2.24) is 4.98 Å². The van der Waals surface area contributed by atoms with E-state index in [0.29, 0.717) is 11.1 Å². The molecule has 0 saturated carbocycles. The first-order valence-electron chi connectivity index (χ1n) is 4.05. The van der Waals surface area contributed by atoms with Crippen molar-refractivity contribution in [2.75, 3.05) is 0 Å². The van der Waals surface area contributed by atoms with E-state index < -0.39 is 12.1 Å². The Morgan fingerprint density at radius 2 is 2.27 bits per heavy atom. The molecule has 1 atom stereocenters. The molecule has 2 N–H and O–H groups in total. The average molecular weight is 272 g/mol. The van der Waals surface area contributed by atoms with Crippen LogP contribution >= 0.6 is 15.9 Å². The zero-order valence-corrected chi connectivity index (χ0v) is 8.93. The Labute approximate surface area is 92.5 Å². The van der Waals surface area contributed by atoms with E-state index in [9.17, 15) is 9.90 Å². The molecular weight excluding hydrogens is 266 g/mol. The Morgan fingerprint density at radius 1 is 1.53 bits per heavy atom. The summed E-state index contributed by atoms with van der Waals surface area (Å²) in [6, 6.07) is 5.07. The van der Waals surface area contributed by atoms with Gasteiger partial charge < -0.3 is 14.6 Å². The lowest BCUT2D eigenvalue weighted by Gasteiger charge is -1.96. The molecule has 1 aromatic heterocycles. The zero-order chi connectivity index (χ0) is 11.0. The van der Waals surface area contributed by atoms with Crippen molar-refractivity contribution in [3.05, 3.63) is 28.6 Å². The van der Waals surface area contributed by atoms with Gasteiger partial charge in [-0.05, 0) is 18.2 Å². The van der Waals surface area contributed by atoms with Crippen LogP contribution in [-0.4, -0.2) is 21.2 Å². The van der Waals surface area contributed by atoms with Crippen LogP contribution in [0.2, 0.25) is 0 Å². The molecule has 0 aliphatic carbocycles. The first kappa shape index (κ1) is 10.1. The van der Waals surface area contributed by atoms with Gasteiger partial charge in [0.25, 0.3) is 0 Å². The maximum atomic E-state index is 10.5. The summed E-state index contributed by atoms with van der Waals surface area (Å²) >= 11 is 3.24. The molecule has 1 unspecified atom stereocenters. The maximum Gasteiger partial charge on any atom is 0.342 e. The number of oxazole rings is 1. The number of carboxylic acids is 1. The molecule has 0 fully saturated rings. The molecule has 78 valence electrons.